The minimum atomic E-state index is -3.73. The molecule has 3 aliphatic rings. The maximum Gasteiger partial charge on any atom is 0.318 e. The summed E-state index contributed by atoms with van der Waals surface area (Å²) >= 11 is 0. The smallest absolute Gasteiger partial charge is 0.318 e. The van der Waals surface area contributed by atoms with E-state index in [0.717, 1.165) is 19.5 Å². The largest absolute Gasteiger partial charge is 0.379 e. The molecule has 3 heterocycles. The van der Waals surface area contributed by atoms with E-state index in [0.29, 0.717) is 6.42 Å². The van der Waals surface area contributed by atoms with E-state index >= 15 is 0 Å². The Labute approximate surface area is 149 Å². The summed E-state index contributed by atoms with van der Waals surface area (Å²) in [4.78, 5) is 1.33. The fourth-order valence-corrected chi connectivity index (χ4v) is 5.47. The molecule has 3 saturated heterocycles. The van der Waals surface area contributed by atoms with Gasteiger partial charge in [0.05, 0.1) is 19.5 Å². The molecule has 1 aromatic carbocycles. The van der Waals surface area contributed by atoms with Gasteiger partial charge in [-0.15, -0.1) is 0 Å². The van der Waals surface area contributed by atoms with Crippen LogP contribution in [0.2, 0.25) is 0 Å². The van der Waals surface area contributed by atoms with Crippen LogP contribution < -0.4 is 14.4 Å². The highest BCUT2D eigenvalue weighted by Crippen LogP contribution is 2.25. The van der Waals surface area contributed by atoms with Gasteiger partial charge in [0.2, 0.25) is 0 Å². The van der Waals surface area contributed by atoms with Crippen molar-refractivity contribution in [3.63, 3.8) is 0 Å². The van der Waals surface area contributed by atoms with Crippen molar-refractivity contribution >= 4 is 10.1 Å². The summed E-state index contributed by atoms with van der Waals surface area (Å²) in [6.07, 6.45) is 7.18. The molecule has 4 rings (SSSR count). The number of quaternary nitrogens is 1. The third-order valence-corrected chi connectivity index (χ3v) is 7.09. The lowest BCUT2D eigenvalue weighted by Gasteiger charge is -2.32. The Balaban J connectivity index is 0.000000219. The topological polar surface area (TPSA) is 59.8 Å². The van der Waals surface area contributed by atoms with Crippen LogP contribution in [0.3, 0.4) is 0 Å². The molecule has 5 nitrogen and oxygen atoms in total. The number of halogens is 1. The number of fused-ring (bicyclic) bond motifs is 1. The van der Waals surface area contributed by atoms with Crippen LogP contribution in [0.1, 0.15) is 38.5 Å². The van der Waals surface area contributed by atoms with Crippen LogP contribution in [0.4, 0.5) is 4.39 Å². The Kier molecular flexibility index (Phi) is 6.30. The second-order valence-electron chi connectivity index (χ2n) is 7.05. The highest BCUT2D eigenvalue weighted by Gasteiger charge is 2.52. The van der Waals surface area contributed by atoms with Crippen LogP contribution >= 0.6 is 0 Å². The molecule has 0 aliphatic carbocycles. The van der Waals surface area contributed by atoms with Gasteiger partial charge >= 0.3 is 10.1 Å². The molecule has 1 aromatic rings. The number of hydrogen-bond acceptors (Lipinski definition) is 4. The normalized spacial score (nSPS) is 28.8. The van der Waals surface area contributed by atoms with E-state index in [1.165, 1.54) is 61.9 Å². The molecule has 3 fully saturated rings. The van der Waals surface area contributed by atoms with E-state index in [2.05, 4.69) is 5.32 Å². The van der Waals surface area contributed by atoms with E-state index in [1.54, 1.807) is 6.07 Å². The van der Waals surface area contributed by atoms with Gasteiger partial charge in [0, 0.05) is 6.42 Å². The molecule has 0 amide bonds. The number of rotatable bonds is 3. The van der Waals surface area contributed by atoms with Gasteiger partial charge in [0.25, 0.3) is 0 Å². The molecule has 140 valence electrons. The van der Waals surface area contributed by atoms with Crippen LogP contribution in [0, 0.1) is 5.82 Å². The Morgan fingerprint density at radius 1 is 1.04 bits per heavy atom. The Hall–Kier alpha value is -1.18. The lowest BCUT2D eigenvalue weighted by atomic mass is 10.1. The summed E-state index contributed by atoms with van der Waals surface area (Å²) in [6, 6.07) is 5.74. The predicted molar refractivity (Wildman–Crippen MR) is 94.8 cm³/mol. The van der Waals surface area contributed by atoms with Crippen LogP contribution in [0.15, 0.2) is 24.3 Å². The summed E-state index contributed by atoms with van der Waals surface area (Å²) in [5.74, 6) is -0.845. The summed E-state index contributed by atoms with van der Waals surface area (Å²) < 4.78 is 42.6. The first-order valence-corrected chi connectivity index (χ1v) is 10.8. The highest BCUT2D eigenvalue weighted by atomic mass is 32.2. The molecular weight excluding hydrogens is 343 g/mol. The van der Waals surface area contributed by atoms with Crippen LogP contribution in [0.25, 0.3) is 0 Å². The highest BCUT2D eigenvalue weighted by molar-refractivity contribution is 7.87. The van der Waals surface area contributed by atoms with Crippen LogP contribution in [-0.2, 0) is 10.1 Å². The molecule has 0 saturated carbocycles. The van der Waals surface area contributed by atoms with E-state index in [4.69, 9.17) is 4.18 Å². The first-order valence-electron chi connectivity index (χ1n) is 9.31. The molecule has 25 heavy (non-hydrogen) atoms. The van der Waals surface area contributed by atoms with Gasteiger partial charge in [-0.2, -0.15) is 8.42 Å². The average molecular weight is 371 g/mol. The summed E-state index contributed by atoms with van der Waals surface area (Å²) in [6.45, 7) is 4.41. The summed E-state index contributed by atoms with van der Waals surface area (Å²) in [5.41, 5.74) is 0. The van der Waals surface area contributed by atoms with Gasteiger partial charge in [0.1, 0.15) is 6.04 Å². The molecule has 0 aromatic heterocycles. The maximum atomic E-state index is 13.4. The molecule has 3 atom stereocenters. The predicted octanol–water partition coefficient (Wildman–Crippen LogP) is 1.11. The van der Waals surface area contributed by atoms with Crippen molar-refractivity contribution in [2.24, 2.45) is 0 Å². The first kappa shape index (κ1) is 18.6. The number of para-hydroxylation sites is 1. The number of nitrogens with one attached hydrogen (secondary N) is 2. The molecular formula is C18H28FN2O3S+. The van der Waals surface area contributed by atoms with Crippen molar-refractivity contribution in [2.75, 3.05) is 26.2 Å². The van der Waals surface area contributed by atoms with Gasteiger partial charge < -0.3 is 14.4 Å². The lowest BCUT2D eigenvalue weighted by Crippen LogP contribution is -3.20. The zero-order chi connectivity index (χ0) is 17.7. The van der Waals surface area contributed by atoms with Gasteiger partial charge in [-0.25, -0.2) is 4.39 Å². The van der Waals surface area contributed by atoms with E-state index < -0.39 is 21.2 Å². The van der Waals surface area contributed by atoms with Crippen molar-refractivity contribution in [2.45, 2.75) is 49.8 Å². The standard InChI is InChI=1S/C12H14FNO3S.C6H13N/c13-9-3-1-2-4-11(9)17-18(15,16)12-6-8-14-7-5-10(12)14;1-2-4-6-7-5-3-1/h1-4,10,12H,5-8H2;7H,1-6H2/p+1. The summed E-state index contributed by atoms with van der Waals surface area (Å²) in [5, 5.41) is 2.86. The first-order chi connectivity index (χ1) is 12.1. The Morgan fingerprint density at radius 2 is 1.72 bits per heavy atom. The quantitative estimate of drug-likeness (QED) is 0.782. The monoisotopic (exact) mass is 371 g/mol. The Bertz CT molecular complexity index is 648. The molecule has 3 aliphatic heterocycles. The zero-order valence-corrected chi connectivity index (χ0v) is 15.4. The van der Waals surface area contributed by atoms with E-state index in [9.17, 15) is 12.8 Å². The minimum Gasteiger partial charge on any atom is -0.379 e. The van der Waals surface area contributed by atoms with Crippen molar-refractivity contribution < 1.29 is 21.9 Å². The van der Waals surface area contributed by atoms with Gasteiger partial charge in [0.15, 0.2) is 16.8 Å². The molecule has 3 unspecified atom stereocenters. The second kappa shape index (κ2) is 8.47. The van der Waals surface area contributed by atoms with E-state index in [1.807, 2.05) is 0 Å². The molecule has 0 radical (unpaired) electrons. The zero-order valence-electron chi connectivity index (χ0n) is 14.5. The van der Waals surface area contributed by atoms with Gasteiger partial charge in [-0.1, -0.05) is 25.0 Å². The average Bonchev–Trinajstić information content (AvgIpc) is 2.76. The van der Waals surface area contributed by atoms with Crippen molar-refractivity contribution in [1.82, 2.24) is 5.32 Å². The third-order valence-electron chi connectivity index (χ3n) is 5.37. The molecule has 2 N–H and O–H groups in total. The van der Waals surface area contributed by atoms with Gasteiger partial charge in [-0.3, -0.25) is 0 Å². The number of hydrogen-bond donors (Lipinski definition) is 2. The fourth-order valence-electron chi connectivity index (χ4n) is 3.83. The maximum absolute atomic E-state index is 13.4. The Morgan fingerprint density at radius 3 is 2.32 bits per heavy atom. The van der Waals surface area contributed by atoms with Crippen molar-refractivity contribution in [3.8, 4) is 5.75 Å². The van der Waals surface area contributed by atoms with Crippen LogP contribution in [-0.4, -0.2) is 45.9 Å². The van der Waals surface area contributed by atoms with Crippen molar-refractivity contribution in [3.05, 3.63) is 30.1 Å². The fraction of sp³-hybridized carbons (Fsp3) is 0.667. The molecule has 7 heteroatoms. The second-order valence-corrected chi connectivity index (χ2v) is 8.81. The van der Waals surface area contributed by atoms with Crippen LogP contribution in [0.5, 0.6) is 5.75 Å². The SMILES string of the molecule is C1CCCNCC1.O=S(=O)(Oc1ccccc1F)C1CC[NH+]2CCC12. The minimum absolute atomic E-state index is 0.141. The van der Waals surface area contributed by atoms with E-state index in [-0.39, 0.29) is 11.8 Å². The molecule has 0 spiro atoms. The molecule has 0 bridgehead atoms. The summed E-state index contributed by atoms with van der Waals surface area (Å²) in [7, 11) is -3.73. The number of benzene rings is 1. The lowest BCUT2D eigenvalue weighted by molar-refractivity contribution is -0.953. The van der Waals surface area contributed by atoms with Gasteiger partial charge in [-0.05, 0) is 38.1 Å². The third kappa shape index (κ3) is 4.71. The van der Waals surface area contributed by atoms with Crippen molar-refractivity contribution in [1.29, 1.82) is 0 Å².